The molecule has 23 heavy (non-hydrogen) atoms. The Morgan fingerprint density at radius 1 is 1.09 bits per heavy atom. The highest BCUT2D eigenvalue weighted by atomic mass is 16.2. The summed E-state index contributed by atoms with van der Waals surface area (Å²) in [4.78, 5) is 28.8. The van der Waals surface area contributed by atoms with E-state index in [1.54, 1.807) is 0 Å². The average molecular weight is 320 g/mol. The van der Waals surface area contributed by atoms with E-state index >= 15 is 0 Å². The maximum absolute atomic E-state index is 12.4. The first kappa shape index (κ1) is 16.8. The molecule has 130 valence electrons. The van der Waals surface area contributed by atoms with Crippen molar-refractivity contribution in [3.63, 3.8) is 0 Å². The van der Waals surface area contributed by atoms with Crippen molar-refractivity contribution >= 4 is 11.8 Å². The maximum atomic E-state index is 12.4. The van der Waals surface area contributed by atoms with Gasteiger partial charge in [-0.3, -0.25) is 9.59 Å². The number of carbonyl (C=O) groups is 2. The van der Waals surface area contributed by atoms with Crippen molar-refractivity contribution in [1.82, 2.24) is 9.80 Å². The number of rotatable bonds is 3. The van der Waals surface area contributed by atoms with Gasteiger partial charge in [0, 0.05) is 43.9 Å². The fourth-order valence-electron chi connectivity index (χ4n) is 4.27. The van der Waals surface area contributed by atoms with Crippen LogP contribution in [0, 0.1) is 22.7 Å². The van der Waals surface area contributed by atoms with Crippen LogP contribution >= 0.6 is 0 Å². The van der Waals surface area contributed by atoms with Crippen molar-refractivity contribution in [2.45, 2.75) is 59.8 Å². The number of hydrogen-bond acceptors (Lipinski definition) is 2. The molecule has 3 aliphatic rings. The van der Waals surface area contributed by atoms with Crippen molar-refractivity contribution in [3.8, 4) is 0 Å². The Balaban J connectivity index is 1.44. The second-order valence-corrected chi connectivity index (χ2v) is 9.32. The summed E-state index contributed by atoms with van der Waals surface area (Å²) in [6, 6.07) is 0. The Morgan fingerprint density at radius 2 is 1.70 bits per heavy atom. The third-order valence-corrected chi connectivity index (χ3v) is 5.99. The zero-order chi connectivity index (χ0) is 16.8. The van der Waals surface area contributed by atoms with Crippen LogP contribution in [0.15, 0.2) is 0 Å². The average Bonchev–Trinajstić information content (AvgIpc) is 3.22. The lowest BCUT2D eigenvalue weighted by Gasteiger charge is -2.54. The molecule has 4 heteroatoms. The standard InChI is InChI=1S/C19H32N2O2/c1-5-14-10-15(14)17(23)21-12-19(13-21)6-8-20(9-7-19)16(22)11-18(2,3)4/h14-15H,5-13H2,1-4H3. The van der Waals surface area contributed by atoms with E-state index in [1.165, 1.54) is 0 Å². The Labute approximate surface area is 140 Å². The van der Waals surface area contributed by atoms with Crippen LogP contribution in [0.3, 0.4) is 0 Å². The predicted molar refractivity (Wildman–Crippen MR) is 90.8 cm³/mol. The number of hydrogen-bond donors (Lipinski definition) is 0. The lowest BCUT2D eigenvalue weighted by atomic mass is 9.71. The molecule has 4 nitrogen and oxygen atoms in total. The number of carbonyl (C=O) groups excluding carboxylic acids is 2. The number of nitrogens with zero attached hydrogens (tertiary/aromatic N) is 2. The molecule has 0 radical (unpaired) electrons. The van der Waals surface area contributed by atoms with Crippen molar-refractivity contribution in [2.75, 3.05) is 26.2 Å². The molecule has 2 amide bonds. The topological polar surface area (TPSA) is 40.6 Å². The molecular weight excluding hydrogens is 288 g/mol. The summed E-state index contributed by atoms with van der Waals surface area (Å²) in [6.07, 6.45) is 5.00. The third-order valence-electron chi connectivity index (χ3n) is 5.99. The summed E-state index contributed by atoms with van der Waals surface area (Å²) in [6.45, 7) is 12.1. The lowest BCUT2D eigenvalue weighted by Crippen LogP contribution is -2.62. The van der Waals surface area contributed by atoms with E-state index in [0.717, 1.165) is 51.9 Å². The molecule has 1 aliphatic carbocycles. The highest BCUT2D eigenvalue weighted by molar-refractivity contribution is 5.82. The Morgan fingerprint density at radius 3 is 2.17 bits per heavy atom. The zero-order valence-corrected chi connectivity index (χ0v) is 15.2. The summed E-state index contributed by atoms with van der Waals surface area (Å²) in [7, 11) is 0. The molecular formula is C19H32N2O2. The van der Waals surface area contributed by atoms with Gasteiger partial charge in [-0.15, -0.1) is 0 Å². The van der Waals surface area contributed by atoms with Gasteiger partial charge in [-0.1, -0.05) is 34.1 Å². The molecule has 1 spiro atoms. The van der Waals surface area contributed by atoms with Crippen LogP contribution in [0.25, 0.3) is 0 Å². The van der Waals surface area contributed by atoms with Gasteiger partial charge in [0.1, 0.15) is 0 Å². The normalized spacial score (nSPS) is 29.4. The second kappa shape index (κ2) is 5.78. The van der Waals surface area contributed by atoms with E-state index in [9.17, 15) is 9.59 Å². The summed E-state index contributed by atoms with van der Waals surface area (Å²) < 4.78 is 0. The van der Waals surface area contributed by atoms with Gasteiger partial charge in [0.2, 0.25) is 11.8 Å². The summed E-state index contributed by atoms with van der Waals surface area (Å²) in [5.74, 6) is 1.67. The van der Waals surface area contributed by atoms with E-state index in [2.05, 4.69) is 32.6 Å². The smallest absolute Gasteiger partial charge is 0.226 e. The molecule has 0 aromatic heterocycles. The molecule has 1 saturated carbocycles. The lowest BCUT2D eigenvalue weighted by molar-refractivity contribution is -0.152. The van der Waals surface area contributed by atoms with Crippen molar-refractivity contribution in [3.05, 3.63) is 0 Å². The van der Waals surface area contributed by atoms with Gasteiger partial charge in [0.05, 0.1) is 0 Å². The number of likely N-dealkylation sites (tertiary alicyclic amines) is 2. The minimum Gasteiger partial charge on any atom is -0.343 e. The van der Waals surface area contributed by atoms with Crippen LogP contribution in [-0.2, 0) is 9.59 Å². The fourth-order valence-corrected chi connectivity index (χ4v) is 4.27. The van der Waals surface area contributed by atoms with Crippen LogP contribution < -0.4 is 0 Å². The fraction of sp³-hybridized carbons (Fsp3) is 0.895. The molecule has 2 unspecified atom stereocenters. The molecule has 2 heterocycles. The number of amides is 2. The van der Waals surface area contributed by atoms with Gasteiger partial charge in [0.15, 0.2) is 0 Å². The monoisotopic (exact) mass is 320 g/mol. The quantitative estimate of drug-likeness (QED) is 0.802. The molecule has 2 atom stereocenters. The Hall–Kier alpha value is -1.06. The van der Waals surface area contributed by atoms with E-state index < -0.39 is 0 Å². The van der Waals surface area contributed by atoms with Crippen LogP contribution in [0.2, 0.25) is 0 Å². The minimum absolute atomic E-state index is 0.0615. The van der Waals surface area contributed by atoms with Crippen molar-refractivity contribution in [1.29, 1.82) is 0 Å². The minimum atomic E-state index is 0.0615. The SMILES string of the molecule is CCC1CC1C(=O)N1CC2(CCN(C(=O)CC(C)(C)C)CC2)C1. The largest absolute Gasteiger partial charge is 0.343 e. The van der Waals surface area contributed by atoms with Gasteiger partial charge in [-0.05, 0) is 30.6 Å². The summed E-state index contributed by atoms with van der Waals surface area (Å²) in [5.41, 5.74) is 0.372. The summed E-state index contributed by atoms with van der Waals surface area (Å²) >= 11 is 0. The molecule has 0 aromatic rings. The molecule has 3 fully saturated rings. The first-order valence-corrected chi connectivity index (χ1v) is 9.30. The van der Waals surface area contributed by atoms with E-state index in [1.807, 2.05) is 4.90 Å². The van der Waals surface area contributed by atoms with Crippen LogP contribution in [0.5, 0.6) is 0 Å². The third kappa shape index (κ3) is 3.56. The van der Waals surface area contributed by atoms with Gasteiger partial charge in [0.25, 0.3) is 0 Å². The van der Waals surface area contributed by atoms with Gasteiger partial charge in [-0.25, -0.2) is 0 Å². The van der Waals surface area contributed by atoms with Gasteiger partial charge < -0.3 is 9.80 Å². The summed E-state index contributed by atoms with van der Waals surface area (Å²) in [5, 5.41) is 0. The molecule has 0 N–H and O–H groups in total. The highest BCUT2D eigenvalue weighted by Crippen LogP contribution is 2.47. The van der Waals surface area contributed by atoms with E-state index in [0.29, 0.717) is 35.5 Å². The molecule has 3 rings (SSSR count). The molecule has 2 saturated heterocycles. The van der Waals surface area contributed by atoms with Crippen LogP contribution in [-0.4, -0.2) is 47.8 Å². The van der Waals surface area contributed by atoms with Crippen LogP contribution in [0.4, 0.5) is 0 Å². The van der Waals surface area contributed by atoms with Crippen LogP contribution in [0.1, 0.15) is 59.8 Å². The second-order valence-electron chi connectivity index (χ2n) is 9.32. The van der Waals surface area contributed by atoms with E-state index in [-0.39, 0.29) is 5.41 Å². The molecule has 0 bridgehead atoms. The Bertz CT molecular complexity index is 478. The van der Waals surface area contributed by atoms with Crippen molar-refractivity contribution in [2.24, 2.45) is 22.7 Å². The first-order valence-electron chi connectivity index (χ1n) is 9.30. The zero-order valence-electron chi connectivity index (χ0n) is 15.2. The predicted octanol–water partition coefficient (Wildman–Crippen LogP) is 2.92. The number of piperidine rings is 1. The van der Waals surface area contributed by atoms with Gasteiger partial charge in [-0.2, -0.15) is 0 Å². The molecule has 0 aromatic carbocycles. The Kier molecular flexibility index (Phi) is 4.22. The maximum Gasteiger partial charge on any atom is 0.226 e. The van der Waals surface area contributed by atoms with Crippen molar-refractivity contribution < 1.29 is 9.59 Å². The molecule has 2 aliphatic heterocycles. The highest BCUT2D eigenvalue weighted by Gasteiger charge is 2.51. The van der Waals surface area contributed by atoms with Gasteiger partial charge >= 0.3 is 0 Å². The van der Waals surface area contributed by atoms with E-state index in [4.69, 9.17) is 0 Å². The first-order chi connectivity index (χ1) is 10.7.